The number of alkyl halides is 1. The molecule has 1 heterocycles. The van der Waals surface area contributed by atoms with E-state index >= 15 is 0 Å². The van der Waals surface area contributed by atoms with Crippen LogP contribution in [-0.2, 0) is 14.0 Å². The third-order valence-electron chi connectivity index (χ3n) is 4.61. The normalized spacial score (nSPS) is 21.0. The van der Waals surface area contributed by atoms with Crippen molar-refractivity contribution in [2.45, 2.75) is 64.9 Å². The van der Waals surface area contributed by atoms with Gasteiger partial charge in [-0.15, -0.1) is 0 Å². The summed E-state index contributed by atoms with van der Waals surface area (Å²) >= 11 is 0. The Morgan fingerprint density at radius 1 is 1.08 bits per heavy atom. The van der Waals surface area contributed by atoms with Gasteiger partial charge in [0, 0.05) is 7.11 Å². The van der Waals surface area contributed by atoms with Crippen LogP contribution in [0.1, 0.15) is 53.2 Å². The molecule has 4 nitrogen and oxygen atoms in total. The summed E-state index contributed by atoms with van der Waals surface area (Å²) in [5.41, 5.74) is 6.76. The van der Waals surface area contributed by atoms with Gasteiger partial charge in [-0.25, -0.2) is 4.39 Å². The molecule has 2 unspecified atom stereocenters. The summed E-state index contributed by atoms with van der Waals surface area (Å²) in [5.74, 6) is 0. The maximum Gasteiger partial charge on any atom is 0.494 e. The molecule has 0 aliphatic carbocycles. The van der Waals surface area contributed by atoms with Crippen LogP contribution >= 0.6 is 0 Å². The molecule has 1 aromatic rings. The molecular formula is C18H31BFNO3. The lowest BCUT2D eigenvalue weighted by atomic mass is 9.78. The van der Waals surface area contributed by atoms with Gasteiger partial charge in [0.15, 0.2) is 0 Å². The first-order valence-corrected chi connectivity index (χ1v) is 8.51. The molecule has 1 aliphatic heterocycles. The van der Waals surface area contributed by atoms with E-state index in [4.69, 9.17) is 19.8 Å². The summed E-state index contributed by atoms with van der Waals surface area (Å²) in [6, 6.07) is 6.91. The van der Waals surface area contributed by atoms with Crippen molar-refractivity contribution < 1.29 is 18.4 Å². The van der Waals surface area contributed by atoms with E-state index in [2.05, 4.69) is 0 Å². The summed E-state index contributed by atoms with van der Waals surface area (Å²) in [4.78, 5) is 0. The second kappa shape index (κ2) is 8.43. The van der Waals surface area contributed by atoms with Crippen LogP contribution in [0, 0.1) is 0 Å². The van der Waals surface area contributed by atoms with Crippen LogP contribution < -0.4 is 11.2 Å². The number of halogens is 1. The van der Waals surface area contributed by atoms with Crippen molar-refractivity contribution in [3.05, 3.63) is 29.8 Å². The Labute approximate surface area is 146 Å². The van der Waals surface area contributed by atoms with Crippen LogP contribution in [0.5, 0.6) is 0 Å². The summed E-state index contributed by atoms with van der Waals surface area (Å²) in [6.45, 7) is 11.4. The Bertz CT molecular complexity index is 491. The van der Waals surface area contributed by atoms with Crippen molar-refractivity contribution in [1.82, 2.24) is 0 Å². The number of hydrogen-bond acceptors (Lipinski definition) is 4. The Kier molecular flexibility index (Phi) is 7.41. The van der Waals surface area contributed by atoms with Gasteiger partial charge in [-0.3, -0.25) is 0 Å². The zero-order valence-corrected chi connectivity index (χ0v) is 15.9. The molecule has 1 aromatic carbocycles. The van der Waals surface area contributed by atoms with Gasteiger partial charge < -0.3 is 19.8 Å². The van der Waals surface area contributed by atoms with Gasteiger partial charge in [-0.2, -0.15) is 0 Å². The highest BCUT2D eigenvalue weighted by molar-refractivity contribution is 6.62. The molecule has 6 heteroatoms. The van der Waals surface area contributed by atoms with Crippen LogP contribution in [0.3, 0.4) is 0 Å². The zero-order valence-electron chi connectivity index (χ0n) is 15.9. The largest absolute Gasteiger partial charge is 0.494 e. The second-order valence-corrected chi connectivity index (χ2v) is 6.73. The smallest absolute Gasteiger partial charge is 0.399 e. The SMILES string of the molecule is CC.COC(c1ccc(B2OC(C)(C)C(C)(C)O2)cc1)C(N)CF. The average Bonchev–Trinajstić information content (AvgIpc) is 2.78. The lowest BCUT2D eigenvalue weighted by Crippen LogP contribution is -2.41. The minimum atomic E-state index is -0.673. The number of hydrogen-bond donors (Lipinski definition) is 1. The highest BCUT2D eigenvalue weighted by Gasteiger charge is 2.51. The maximum absolute atomic E-state index is 12.8. The summed E-state index contributed by atoms with van der Waals surface area (Å²) in [7, 11) is 1.12. The maximum atomic E-state index is 12.8. The fraction of sp³-hybridized carbons (Fsp3) is 0.667. The summed E-state index contributed by atoms with van der Waals surface area (Å²) in [6.07, 6.45) is -0.461. The van der Waals surface area contributed by atoms with Crippen LogP contribution in [0.15, 0.2) is 24.3 Å². The second-order valence-electron chi connectivity index (χ2n) is 6.73. The van der Waals surface area contributed by atoms with E-state index in [0.717, 1.165) is 11.0 Å². The van der Waals surface area contributed by atoms with Gasteiger partial charge in [0.05, 0.1) is 23.3 Å². The highest BCUT2D eigenvalue weighted by Crippen LogP contribution is 2.36. The average molecular weight is 339 g/mol. The number of rotatable bonds is 5. The van der Waals surface area contributed by atoms with Gasteiger partial charge in [-0.1, -0.05) is 38.1 Å². The molecular weight excluding hydrogens is 308 g/mol. The first kappa shape index (κ1) is 21.1. The summed E-state index contributed by atoms with van der Waals surface area (Å²) in [5, 5.41) is 0. The van der Waals surface area contributed by atoms with E-state index in [1.54, 1.807) is 0 Å². The quantitative estimate of drug-likeness (QED) is 0.838. The molecule has 2 rings (SSSR count). The van der Waals surface area contributed by atoms with Gasteiger partial charge in [0.1, 0.15) is 6.67 Å². The third kappa shape index (κ3) is 4.36. The molecule has 2 atom stereocenters. The van der Waals surface area contributed by atoms with Gasteiger partial charge in [0.25, 0.3) is 0 Å². The molecule has 136 valence electrons. The molecule has 0 aromatic heterocycles. The molecule has 1 saturated heterocycles. The molecule has 1 fully saturated rings. The van der Waals surface area contributed by atoms with Crippen molar-refractivity contribution in [3.8, 4) is 0 Å². The Hall–Kier alpha value is -0.945. The molecule has 0 spiro atoms. The minimum absolute atomic E-state index is 0.373. The summed E-state index contributed by atoms with van der Waals surface area (Å²) < 4.78 is 30.1. The molecule has 24 heavy (non-hydrogen) atoms. The van der Waals surface area contributed by atoms with E-state index < -0.39 is 25.9 Å². The zero-order chi connectivity index (χ0) is 18.5. The third-order valence-corrected chi connectivity index (χ3v) is 4.61. The van der Waals surface area contributed by atoms with Crippen molar-refractivity contribution >= 4 is 12.6 Å². The lowest BCUT2D eigenvalue weighted by Gasteiger charge is -2.32. The topological polar surface area (TPSA) is 53.7 Å². The first-order valence-electron chi connectivity index (χ1n) is 8.51. The minimum Gasteiger partial charge on any atom is -0.399 e. The fourth-order valence-electron chi connectivity index (χ4n) is 2.46. The number of ether oxygens (including phenoxy) is 1. The van der Waals surface area contributed by atoms with Crippen LogP contribution in [0.4, 0.5) is 4.39 Å². The predicted octanol–water partition coefficient (Wildman–Crippen LogP) is 3.00. The standard InChI is InChI=1S/C16H25BFNO3.C2H6/c1-15(2)16(3,4)22-17(21-15)12-8-6-11(7-9-12)14(20-5)13(19)10-18;1-2/h6-9,13-14H,10,19H2,1-5H3;1-2H3. The molecule has 0 radical (unpaired) electrons. The van der Waals surface area contributed by atoms with E-state index in [-0.39, 0.29) is 11.2 Å². The van der Waals surface area contributed by atoms with Crippen molar-refractivity contribution in [2.24, 2.45) is 5.73 Å². The number of nitrogens with two attached hydrogens (primary N) is 1. The van der Waals surface area contributed by atoms with Crippen LogP contribution in [0.25, 0.3) is 0 Å². The number of benzene rings is 1. The lowest BCUT2D eigenvalue weighted by molar-refractivity contribution is 0.00578. The highest BCUT2D eigenvalue weighted by atomic mass is 19.1. The van der Waals surface area contributed by atoms with Crippen molar-refractivity contribution in [1.29, 1.82) is 0 Å². The molecule has 0 amide bonds. The van der Waals surface area contributed by atoms with Crippen LogP contribution in [-0.4, -0.2) is 38.1 Å². The fourth-order valence-corrected chi connectivity index (χ4v) is 2.46. The first-order chi connectivity index (χ1) is 11.2. The molecule has 0 bridgehead atoms. The van der Waals surface area contributed by atoms with Crippen molar-refractivity contribution in [2.75, 3.05) is 13.8 Å². The Morgan fingerprint density at radius 3 is 1.92 bits per heavy atom. The van der Waals surface area contributed by atoms with E-state index in [0.29, 0.717) is 0 Å². The number of methoxy groups -OCH3 is 1. The Morgan fingerprint density at radius 2 is 1.54 bits per heavy atom. The monoisotopic (exact) mass is 339 g/mol. The van der Waals surface area contributed by atoms with E-state index in [9.17, 15) is 4.39 Å². The molecule has 1 aliphatic rings. The van der Waals surface area contributed by atoms with Gasteiger partial charge in [0.2, 0.25) is 0 Å². The van der Waals surface area contributed by atoms with Gasteiger partial charge in [-0.05, 0) is 38.7 Å². The Balaban J connectivity index is 0.00000139. The van der Waals surface area contributed by atoms with Gasteiger partial charge >= 0.3 is 7.12 Å². The van der Waals surface area contributed by atoms with Crippen molar-refractivity contribution in [3.63, 3.8) is 0 Å². The van der Waals surface area contributed by atoms with Crippen LogP contribution in [0.2, 0.25) is 0 Å². The van der Waals surface area contributed by atoms with E-state index in [1.165, 1.54) is 7.11 Å². The molecule has 2 N–H and O–H groups in total. The predicted molar refractivity (Wildman–Crippen MR) is 97.2 cm³/mol. The molecule has 0 saturated carbocycles. The van der Waals surface area contributed by atoms with E-state index in [1.807, 2.05) is 65.8 Å².